The van der Waals surface area contributed by atoms with E-state index in [9.17, 15) is 9.18 Å². The van der Waals surface area contributed by atoms with Crippen LogP contribution in [0.5, 0.6) is 0 Å². The second-order valence-electron chi connectivity index (χ2n) is 1.72. The minimum atomic E-state index is -1.71. The van der Waals surface area contributed by atoms with E-state index in [1.165, 1.54) is 0 Å². The molecule has 0 unspecified atom stereocenters. The van der Waals surface area contributed by atoms with Gasteiger partial charge >= 0.3 is 5.43 Å². The van der Waals surface area contributed by atoms with Crippen molar-refractivity contribution in [1.82, 2.24) is 0 Å². The molecule has 8 heavy (non-hydrogen) atoms. The van der Waals surface area contributed by atoms with Gasteiger partial charge in [0, 0.05) is 24.4 Å². The smallest absolute Gasteiger partial charge is 0.406 e. The van der Waals surface area contributed by atoms with E-state index in [1.54, 1.807) is 0 Å². The quantitative estimate of drug-likeness (QED) is 0.517. The first kappa shape index (κ1) is 5.82. The zero-order valence-electron chi connectivity index (χ0n) is 3.99. The molecule has 0 aliphatic heterocycles. The first-order valence-electron chi connectivity index (χ1n) is 2.20. The molecule has 0 bridgehead atoms. The van der Waals surface area contributed by atoms with Gasteiger partial charge in [-0.1, -0.05) is 0 Å². The molecule has 1 aliphatic rings. The molecular weight excluding hydrogens is 134 g/mol. The lowest BCUT2D eigenvalue weighted by Crippen LogP contribution is -2.07. The van der Waals surface area contributed by atoms with Gasteiger partial charge in [-0.05, 0) is 0 Å². The molecule has 0 atom stereocenters. The van der Waals surface area contributed by atoms with E-state index in [1.807, 2.05) is 0 Å². The highest BCUT2D eigenvalue weighted by Crippen LogP contribution is 2.41. The summed E-state index contributed by atoms with van der Waals surface area (Å²) in [5.41, 5.74) is -1.06. The Bertz CT molecular complexity index is 121. The third kappa shape index (κ3) is 1.33. The Hall–Kier alpha value is -0.310. The molecule has 1 aliphatic carbocycles. The lowest BCUT2D eigenvalue weighted by atomic mass is 10.8. The van der Waals surface area contributed by atoms with E-state index in [0.29, 0.717) is 0 Å². The highest BCUT2D eigenvalue weighted by atomic mass is 35.5. The summed E-state index contributed by atoms with van der Waals surface area (Å²) in [4.78, 5) is 9.80. The van der Waals surface area contributed by atoms with Crippen LogP contribution < -0.4 is 0 Å². The summed E-state index contributed by atoms with van der Waals surface area (Å²) >= 11 is 4.70. The zero-order chi connectivity index (χ0) is 6.20. The molecule has 4 heteroatoms. The molecule has 0 amide bonds. The molecule has 1 fully saturated rings. The first-order chi connectivity index (χ1) is 3.62. The highest BCUT2D eigenvalue weighted by molar-refractivity contribution is 6.61. The van der Waals surface area contributed by atoms with Crippen LogP contribution in [0.15, 0.2) is 0 Å². The van der Waals surface area contributed by atoms with Crippen LogP contribution in [0.4, 0.5) is 9.18 Å². The number of hydrogen-bond donors (Lipinski definition) is 0. The summed E-state index contributed by atoms with van der Waals surface area (Å²) in [5.74, 6) is -1.71. The summed E-state index contributed by atoms with van der Waals surface area (Å²) < 4.78 is 16.2. The molecule has 0 radical (unpaired) electrons. The maximum Gasteiger partial charge on any atom is 0.406 e. The predicted molar refractivity (Wildman–Crippen MR) is 25.4 cm³/mol. The Labute approximate surface area is 50.6 Å². The van der Waals surface area contributed by atoms with Crippen LogP contribution in [0.25, 0.3) is 0 Å². The van der Waals surface area contributed by atoms with Crippen LogP contribution >= 0.6 is 11.6 Å². The largest absolute Gasteiger partial charge is 0.417 e. The van der Waals surface area contributed by atoms with Crippen molar-refractivity contribution in [2.45, 2.75) is 18.7 Å². The second kappa shape index (κ2) is 1.58. The van der Waals surface area contributed by atoms with Crippen LogP contribution in [0, 0.1) is 0 Å². The van der Waals surface area contributed by atoms with Crippen LogP contribution in [0.3, 0.4) is 0 Å². The van der Waals surface area contributed by atoms with E-state index in [2.05, 4.69) is 4.74 Å². The zero-order valence-corrected chi connectivity index (χ0v) is 4.74. The molecule has 0 aromatic heterocycles. The standard InChI is InChI=1S/C4H4ClFO2/c5-3(7)8-4(6)1-2-4/h1-2H2. The third-order valence-corrected chi connectivity index (χ3v) is 0.983. The molecule has 0 spiro atoms. The maximum absolute atomic E-state index is 12.2. The van der Waals surface area contributed by atoms with Crippen LogP contribution in [-0.2, 0) is 4.74 Å². The summed E-state index contributed by atoms with van der Waals surface area (Å²) in [5, 5.41) is 0. The van der Waals surface area contributed by atoms with Gasteiger partial charge in [0.1, 0.15) is 0 Å². The van der Waals surface area contributed by atoms with Gasteiger partial charge in [0.15, 0.2) is 0 Å². The first-order valence-corrected chi connectivity index (χ1v) is 2.58. The van der Waals surface area contributed by atoms with E-state index in [-0.39, 0.29) is 12.8 Å². The van der Waals surface area contributed by atoms with Crippen molar-refractivity contribution in [3.05, 3.63) is 0 Å². The Morgan fingerprint density at radius 1 is 1.75 bits per heavy atom. The molecule has 46 valence electrons. The van der Waals surface area contributed by atoms with Crippen molar-refractivity contribution < 1.29 is 13.9 Å². The number of carbonyl (C=O) groups excluding carboxylic acids is 1. The summed E-state index contributed by atoms with van der Waals surface area (Å²) in [6.45, 7) is 0. The van der Waals surface area contributed by atoms with Crippen molar-refractivity contribution in [2.24, 2.45) is 0 Å². The number of alkyl halides is 1. The van der Waals surface area contributed by atoms with E-state index in [0.717, 1.165) is 0 Å². The Kier molecular flexibility index (Phi) is 1.15. The van der Waals surface area contributed by atoms with Gasteiger partial charge in [0.25, 0.3) is 5.85 Å². The number of rotatable bonds is 1. The van der Waals surface area contributed by atoms with Crippen molar-refractivity contribution in [1.29, 1.82) is 0 Å². The fraction of sp³-hybridized carbons (Fsp3) is 0.750. The summed E-state index contributed by atoms with van der Waals surface area (Å²) in [6.07, 6.45) is 0.566. The molecule has 0 heterocycles. The van der Waals surface area contributed by atoms with Gasteiger partial charge < -0.3 is 4.74 Å². The maximum atomic E-state index is 12.2. The molecule has 0 aromatic carbocycles. The minimum Gasteiger partial charge on any atom is -0.417 e. The Morgan fingerprint density at radius 2 is 2.25 bits per heavy atom. The number of halogens is 2. The molecule has 1 rings (SSSR count). The van der Waals surface area contributed by atoms with Gasteiger partial charge in [-0.15, -0.1) is 0 Å². The highest BCUT2D eigenvalue weighted by Gasteiger charge is 2.47. The SMILES string of the molecule is O=C(Cl)OC1(F)CC1. The van der Waals surface area contributed by atoms with E-state index >= 15 is 0 Å². The number of carbonyl (C=O) groups is 1. The fourth-order valence-electron chi connectivity index (χ4n) is 0.344. The lowest BCUT2D eigenvalue weighted by Gasteiger charge is -2.00. The van der Waals surface area contributed by atoms with Gasteiger partial charge in [0.2, 0.25) is 0 Å². The molecule has 2 nitrogen and oxygen atoms in total. The van der Waals surface area contributed by atoms with E-state index < -0.39 is 11.3 Å². The van der Waals surface area contributed by atoms with E-state index in [4.69, 9.17) is 11.6 Å². The summed E-state index contributed by atoms with van der Waals surface area (Å²) in [6, 6.07) is 0. The molecule has 0 N–H and O–H groups in total. The molecule has 0 aromatic rings. The van der Waals surface area contributed by atoms with Crippen molar-refractivity contribution >= 4 is 17.0 Å². The summed E-state index contributed by atoms with van der Waals surface area (Å²) in [7, 11) is 0. The fourth-order valence-corrected chi connectivity index (χ4v) is 0.482. The van der Waals surface area contributed by atoms with Crippen LogP contribution in [0.1, 0.15) is 12.8 Å². The normalized spacial score (nSPS) is 22.2. The molecular formula is C4H4ClFO2. The van der Waals surface area contributed by atoms with Crippen molar-refractivity contribution in [2.75, 3.05) is 0 Å². The van der Waals surface area contributed by atoms with Gasteiger partial charge in [-0.2, -0.15) is 4.39 Å². The monoisotopic (exact) mass is 138 g/mol. The number of hydrogen-bond acceptors (Lipinski definition) is 2. The Balaban J connectivity index is 2.29. The van der Waals surface area contributed by atoms with Crippen LogP contribution in [-0.4, -0.2) is 11.3 Å². The second-order valence-corrected chi connectivity index (χ2v) is 2.03. The minimum absolute atomic E-state index is 0.283. The molecule has 0 saturated heterocycles. The molecule has 1 saturated carbocycles. The Morgan fingerprint density at radius 3 is 2.38 bits per heavy atom. The van der Waals surface area contributed by atoms with Gasteiger partial charge in [0.05, 0.1) is 0 Å². The third-order valence-electron chi connectivity index (χ3n) is 0.906. The van der Waals surface area contributed by atoms with Crippen molar-refractivity contribution in [3.8, 4) is 0 Å². The number of ether oxygens (including phenoxy) is 1. The van der Waals surface area contributed by atoms with Crippen LogP contribution in [0.2, 0.25) is 0 Å². The average Bonchev–Trinajstić information content (AvgIpc) is 2.17. The lowest BCUT2D eigenvalue weighted by molar-refractivity contribution is 0.00482. The van der Waals surface area contributed by atoms with Gasteiger partial charge in [-0.25, -0.2) is 4.79 Å². The van der Waals surface area contributed by atoms with Gasteiger partial charge in [-0.3, -0.25) is 0 Å². The topological polar surface area (TPSA) is 26.3 Å². The van der Waals surface area contributed by atoms with Crippen molar-refractivity contribution in [3.63, 3.8) is 0 Å². The average molecular weight is 139 g/mol. The predicted octanol–water partition coefficient (Wildman–Crippen LogP) is 1.82.